The fourth-order valence-corrected chi connectivity index (χ4v) is 1.65. The van der Waals surface area contributed by atoms with Crippen LogP contribution in [0.3, 0.4) is 0 Å². The van der Waals surface area contributed by atoms with E-state index in [4.69, 9.17) is 5.21 Å². The molecule has 0 saturated carbocycles. The molecule has 0 saturated heterocycles. The van der Waals surface area contributed by atoms with Gasteiger partial charge in [0, 0.05) is 10.6 Å². The third-order valence-electron chi connectivity index (χ3n) is 1.93. The highest BCUT2D eigenvalue weighted by Crippen LogP contribution is 2.27. The van der Waals surface area contributed by atoms with Gasteiger partial charge in [0.2, 0.25) is 0 Å². The molecule has 0 spiro atoms. The molecule has 1 aliphatic rings. The quantitative estimate of drug-likeness (QED) is 0.453. The zero-order chi connectivity index (χ0) is 10.6. The van der Waals surface area contributed by atoms with Crippen molar-refractivity contribution in [2.75, 3.05) is 0 Å². The molecule has 0 radical (unpaired) electrons. The van der Waals surface area contributed by atoms with E-state index in [2.05, 4.69) is 35.0 Å². The lowest BCUT2D eigenvalue weighted by Crippen LogP contribution is -2.15. The first kappa shape index (κ1) is 11.2. The minimum atomic E-state index is -0.524. The van der Waals surface area contributed by atoms with Crippen molar-refractivity contribution in [2.45, 2.75) is 13.3 Å². The monoisotopic (exact) mass is 257 g/mol. The second-order valence-electron chi connectivity index (χ2n) is 3.20. The average Bonchev–Trinajstić information content (AvgIpc) is 2.19. The summed E-state index contributed by atoms with van der Waals surface area (Å²) in [7, 11) is 0. The molecule has 14 heavy (non-hydrogen) atoms. The lowest BCUT2D eigenvalue weighted by atomic mass is 9.98. The second-order valence-corrected chi connectivity index (χ2v) is 4.05. The smallest absolute Gasteiger partial charge is 0.267 e. The third-order valence-corrected chi connectivity index (χ3v) is 2.71. The molecule has 0 heterocycles. The van der Waals surface area contributed by atoms with Gasteiger partial charge < -0.3 is 0 Å². The van der Waals surface area contributed by atoms with Crippen molar-refractivity contribution in [3.63, 3.8) is 0 Å². The molecular weight excluding hydrogens is 246 g/mol. The molecule has 76 valence electrons. The molecule has 1 amide bonds. The Morgan fingerprint density at radius 3 is 3.14 bits per heavy atom. The zero-order valence-electron chi connectivity index (χ0n) is 7.83. The number of hydrogen-bond acceptors (Lipinski definition) is 2. The van der Waals surface area contributed by atoms with Gasteiger partial charge in [-0.2, -0.15) is 0 Å². The molecule has 2 N–H and O–H groups in total. The summed E-state index contributed by atoms with van der Waals surface area (Å²) in [5.41, 5.74) is 2.51. The van der Waals surface area contributed by atoms with E-state index >= 15 is 0 Å². The Morgan fingerprint density at radius 2 is 2.50 bits per heavy atom. The molecule has 4 heteroatoms. The predicted octanol–water partition coefficient (Wildman–Crippen LogP) is 2.29. The first-order chi connectivity index (χ1) is 6.63. The number of carbonyl (C=O) groups is 1. The Morgan fingerprint density at radius 1 is 1.79 bits per heavy atom. The van der Waals surface area contributed by atoms with Crippen LogP contribution in [0.4, 0.5) is 0 Å². The molecular formula is C10H12BrNO2. The fraction of sp³-hybridized carbons (Fsp3) is 0.300. The molecule has 1 unspecified atom stereocenters. The summed E-state index contributed by atoms with van der Waals surface area (Å²) in [6, 6.07) is 0. The highest BCUT2D eigenvalue weighted by molar-refractivity contribution is 9.12. The van der Waals surface area contributed by atoms with Crippen LogP contribution in [-0.4, -0.2) is 11.1 Å². The van der Waals surface area contributed by atoms with Crippen LogP contribution < -0.4 is 5.48 Å². The molecule has 0 fully saturated rings. The summed E-state index contributed by atoms with van der Waals surface area (Å²) in [5.74, 6) is -0.0439. The van der Waals surface area contributed by atoms with Gasteiger partial charge >= 0.3 is 0 Å². The largest absolute Gasteiger partial charge is 0.288 e. The number of allylic oxidation sites excluding steroid dienone is 5. The lowest BCUT2D eigenvalue weighted by molar-refractivity contribution is -0.124. The van der Waals surface area contributed by atoms with Crippen molar-refractivity contribution in [1.82, 2.24) is 5.48 Å². The first-order valence-electron chi connectivity index (χ1n) is 4.33. The number of nitrogens with one attached hydrogen (secondary N) is 1. The number of amides is 1. The normalized spacial score (nSPS) is 21.8. The maximum atomic E-state index is 10.7. The standard InChI is InChI=1S/C10H12BrNO2/c1-7-2-4-9(11)8(6-7)3-5-10(13)12-14/h3-7,14H,2H2,1H3,(H,12,13)/b5-3+. The van der Waals surface area contributed by atoms with Crippen LogP contribution in [0.15, 0.2) is 34.4 Å². The van der Waals surface area contributed by atoms with Crippen LogP contribution in [-0.2, 0) is 4.79 Å². The van der Waals surface area contributed by atoms with E-state index in [-0.39, 0.29) is 0 Å². The summed E-state index contributed by atoms with van der Waals surface area (Å²) < 4.78 is 0.984. The Balaban J connectivity index is 2.72. The molecule has 3 nitrogen and oxygen atoms in total. The summed E-state index contributed by atoms with van der Waals surface area (Å²) >= 11 is 3.40. The van der Waals surface area contributed by atoms with Crippen LogP contribution in [0.2, 0.25) is 0 Å². The molecule has 1 aliphatic carbocycles. The number of hydrogen-bond donors (Lipinski definition) is 2. The van der Waals surface area contributed by atoms with Gasteiger partial charge in [0.25, 0.3) is 5.91 Å². The Hall–Kier alpha value is -0.870. The minimum absolute atomic E-state index is 0.480. The molecule has 0 aromatic rings. The van der Waals surface area contributed by atoms with Gasteiger partial charge in [-0.1, -0.05) is 35.0 Å². The second kappa shape index (κ2) is 5.12. The van der Waals surface area contributed by atoms with Gasteiger partial charge in [0.05, 0.1) is 0 Å². The van der Waals surface area contributed by atoms with E-state index in [0.29, 0.717) is 5.92 Å². The van der Waals surface area contributed by atoms with Crippen LogP contribution in [0.25, 0.3) is 0 Å². The van der Waals surface area contributed by atoms with Crippen molar-refractivity contribution in [3.8, 4) is 0 Å². The minimum Gasteiger partial charge on any atom is -0.288 e. The van der Waals surface area contributed by atoms with Crippen molar-refractivity contribution < 1.29 is 10.0 Å². The van der Waals surface area contributed by atoms with Gasteiger partial charge in [-0.05, 0) is 24.0 Å². The number of halogens is 1. The highest BCUT2D eigenvalue weighted by atomic mass is 79.9. The van der Waals surface area contributed by atoms with E-state index in [1.165, 1.54) is 6.08 Å². The summed E-state index contributed by atoms with van der Waals surface area (Å²) in [4.78, 5) is 10.7. The van der Waals surface area contributed by atoms with Gasteiger partial charge in [-0.3, -0.25) is 10.0 Å². The number of carbonyl (C=O) groups excluding carboxylic acids is 1. The zero-order valence-corrected chi connectivity index (χ0v) is 9.41. The first-order valence-corrected chi connectivity index (χ1v) is 5.12. The van der Waals surface area contributed by atoms with Gasteiger partial charge in [-0.25, -0.2) is 5.48 Å². The number of hydroxylamine groups is 1. The summed E-state index contributed by atoms with van der Waals surface area (Å²) in [5, 5.41) is 8.29. The molecule has 0 aromatic carbocycles. The summed E-state index contributed by atoms with van der Waals surface area (Å²) in [6.45, 7) is 2.11. The van der Waals surface area contributed by atoms with Crippen LogP contribution in [0.5, 0.6) is 0 Å². The number of rotatable bonds is 2. The Bertz CT molecular complexity index is 318. The average molecular weight is 258 g/mol. The molecule has 1 rings (SSSR count). The fourth-order valence-electron chi connectivity index (χ4n) is 1.20. The Labute approximate surface area is 91.3 Å². The predicted molar refractivity (Wildman–Crippen MR) is 57.9 cm³/mol. The third kappa shape index (κ3) is 3.12. The van der Waals surface area contributed by atoms with E-state index in [1.54, 1.807) is 11.6 Å². The van der Waals surface area contributed by atoms with Crippen molar-refractivity contribution in [3.05, 3.63) is 34.4 Å². The van der Waals surface area contributed by atoms with Gasteiger partial charge in [-0.15, -0.1) is 0 Å². The van der Waals surface area contributed by atoms with E-state index in [9.17, 15) is 4.79 Å². The molecule has 1 atom stereocenters. The maximum Gasteiger partial charge on any atom is 0.267 e. The van der Waals surface area contributed by atoms with Crippen LogP contribution in [0.1, 0.15) is 13.3 Å². The van der Waals surface area contributed by atoms with E-state index < -0.39 is 5.91 Å². The van der Waals surface area contributed by atoms with Crippen LogP contribution in [0, 0.1) is 5.92 Å². The SMILES string of the molecule is CC1C=C(/C=C/C(=O)NO)C(Br)=CC1. The van der Waals surface area contributed by atoms with Crippen LogP contribution >= 0.6 is 15.9 Å². The van der Waals surface area contributed by atoms with E-state index in [0.717, 1.165) is 16.5 Å². The highest BCUT2D eigenvalue weighted by Gasteiger charge is 2.08. The van der Waals surface area contributed by atoms with Crippen molar-refractivity contribution >= 4 is 21.8 Å². The lowest BCUT2D eigenvalue weighted by Gasteiger charge is -2.12. The van der Waals surface area contributed by atoms with Gasteiger partial charge in [0.1, 0.15) is 0 Å². The van der Waals surface area contributed by atoms with Gasteiger partial charge in [0.15, 0.2) is 0 Å². The molecule has 0 aromatic heterocycles. The Kier molecular flexibility index (Phi) is 4.10. The summed E-state index contributed by atoms with van der Waals surface area (Å²) in [6.07, 6.45) is 8.11. The van der Waals surface area contributed by atoms with E-state index in [1.807, 2.05) is 0 Å². The van der Waals surface area contributed by atoms with Crippen molar-refractivity contribution in [1.29, 1.82) is 0 Å². The molecule has 0 aliphatic heterocycles. The van der Waals surface area contributed by atoms with Crippen molar-refractivity contribution in [2.24, 2.45) is 5.92 Å². The topological polar surface area (TPSA) is 49.3 Å². The maximum absolute atomic E-state index is 10.7. The molecule has 0 bridgehead atoms.